The second-order valence-electron chi connectivity index (χ2n) is 4.43. The number of ether oxygens (including phenoxy) is 2. The number of nitrogens with one attached hydrogen (secondary N) is 1. The first-order valence-electron chi connectivity index (χ1n) is 6.33. The van der Waals surface area contributed by atoms with Gasteiger partial charge in [0.25, 0.3) is 0 Å². The molecule has 0 saturated carbocycles. The lowest BCUT2D eigenvalue weighted by atomic mass is 10.2. The summed E-state index contributed by atoms with van der Waals surface area (Å²) in [5, 5.41) is 19.8. The standard InChI is InChI=1S/C12H22N2O7/c1-8(7-21-3)14(4-5-20-2)12(19)13-9(11(17)18)6-10(15)16/h8-9H,4-7H2,1-3H3,(H,13,19)(H,15,16)(H,17,18)/t8?,9-/m0/s1. The van der Waals surface area contributed by atoms with Gasteiger partial charge in [0, 0.05) is 20.8 Å². The molecular weight excluding hydrogens is 284 g/mol. The molecule has 1 unspecified atom stereocenters. The Kier molecular flexibility index (Phi) is 9.06. The van der Waals surface area contributed by atoms with Gasteiger partial charge in [0.05, 0.1) is 25.7 Å². The summed E-state index contributed by atoms with van der Waals surface area (Å²) in [5.41, 5.74) is 0. The van der Waals surface area contributed by atoms with E-state index in [-0.39, 0.29) is 25.8 Å². The first-order valence-corrected chi connectivity index (χ1v) is 6.33. The van der Waals surface area contributed by atoms with Gasteiger partial charge in [-0.25, -0.2) is 9.59 Å². The molecule has 2 atom stereocenters. The summed E-state index contributed by atoms with van der Waals surface area (Å²) in [4.78, 5) is 35.0. The molecule has 0 aliphatic rings. The van der Waals surface area contributed by atoms with Gasteiger partial charge in [0.1, 0.15) is 6.04 Å². The number of carboxylic acids is 2. The molecule has 0 aromatic heterocycles. The molecule has 0 aliphatic carbocycles. The van der Waals surface area contributed by atoms with Crippen molar-refractivity contribution in [3.8, 4) is 0 Å². The van der Waals surface area contributed by atoms with E-state index in [1.807, 2.05) is 0 Å². The largest absolute Gasteiger partial charge is 0.481 e. The van der Waals surface area contributed by atoms with Gasteiger partial charge in [0.15, 0.2) is 0 Å². The smallest absolute Gasteiger partial charge is 0.326 e. The minimum Gasteiger partial charge on any atom is -0.481 e. The number of rotatable bonds is 10. The minimum atomic E-state index is -1.49. The molecule has 0 bridgehead atoms. The minimum absolute atomic E-state index is 0.228. The van der Waals surface area contributed by atoms with Crippen molar-refractivity contribution in [1.82, 2.24) is 10.2 Å². The van der Waals surface area contributed by atoms with Crippen molar-refractivity contribution in [2.75, 3.05) is 34.0 Å². The maximum Gasteiger partial charge on any atom is 0.326 e. The lowest BCUT2D eigenvalue weighted by Crippen LogP contribution is -2.53. The average Bonchev–Trinajstić information content (AvgIpc) is 2.38. The Bertz CT molecular complexity index is 362. The molecule has 0 fully saturated rings. The molecule has 0 heterocycles. The number of hydrogen-bond acceptors (Lipinski definition) is 5. The highest BCUT2D eigenvalue weighted by Gasteiger charge is 2.27. The molecule has 0 aromatic rings. The van der Waals surface area contributed by atoms with Crippen LogP contribution in [0.15, 0.2) is 0 Å². The van der Waals surface area contributed by atoms with E-state index in [1.54, 1.807) is 6.92 Å². The van der Waals surface area contributed by atoms with E-state index in [0.29, 0.717) is 0 Å². The zero-order valence-electron chi connectivity index (χ0n) is 12.4. The molecule has 3 N–H and O–H groups in total. The molecule has 2 amide bonds. The average molecular weight is 306 g/mol. The number of hydrogen-bond donors (Lipinski definition) is 3. The summed E-state index contributed by atoms with van der Waals surface area (Å²) in [7, 11) is 2.95. The predicted molar refractivity (Wildman–Crippen MR) is 72.1 cm³/mol. The highest BCUT2D eigenvalue weighted by atomic mass is 16.5. The lowest BCUT2D eigenvalue weighted by molar-refractivity contribution is -0.145. The normalized spacial score (nSPS) is 13.3. The third kappa shape index (κ3) is 7.47. The van der Waals surface area contributed by atoms with Crippen molar-refractivity contribution >= 4 is 18.0 Å². The SMILES string of the molecule is COCCN(C(=O)N[C@@H](CC(=O)O)C(=O)O)C(C)COC. The van der Waals surface area contributed by atoms with Crippen molar-refractivity contribution < 1.29 is 34.1 Å². The van der Waals surface area contributed by atoms with E-state index in [1.165, 1.54) is 19.1 Å². The number of carbonyl (C=O) groups excluding carboxylic acids is 1. The summed E-state index contributed by atoms with van der Waals surface area (Å²) in [6, 6.07) is -2.48. The number of carbonyl (C=O) groups is 3. The fourth-order valence-electron chi connectivity index (χ4n) is 1.65. The van der Waals surface area contributed by atoms with Gasteiger partial charge in [-0.2, -0.15) is 0 Å². The summed E-state index contributed by atoms with van der Waals surface area (Å²) >= 11 is 0. The van der Waals surface area contributed by atoms with E-state index < -0.39 is 30.4 Å². The molecule has 0 radical (unpaired) electrons. The second-order valence-corrected chi connectivity index (χ2v) is 4.43. The Labute approximate surface area is 122 Å². The topological polar surface area (TPSA) is 125 Å². The molecule has 0 aliphatic heterocycles. The van der Waals surface area contributed by atoms with Crippen LogP contribution in [0.4, 0.5) is 4.79 Å². The zero-order valence-corrected chi connectivity index (χ0v) is 12.4. The number of methoxy groups -OCH3 is 2. The molecule has 0 aromatic carbocycles. The van der Waals surface area contributed by atoms with Gasteiger partial charge in [0.2, 0.25) is 0 Å². The highest BCUT2D eigenvalue weighted by Crippen LogP contribution is 2.03. The molecule has 122 valence electrons. The van der Waals surface area contributed by atoms with Crippen molar-refractivity contribution in [3.63, 3.8) is 0 Å². The van der Waals surface area contributed by atoms with Crippen LogP contribution in [0, 0.1) is 0 Å². The van der Waals surface area contributed by atoms with Crippen LogP contribution in [0.3, 0.4) is 0 Å². The van der Waals surface area contributed by atoms with E-state index in [0.717, 1.165) is 0 Å². The summed E-state index contributed by atoms with van der Waals surface area (Å²) in [6.45, 7) is 2.48. The van der Waals surface area contributed by atoms with Crippen LogP contribution < -0.4 is 5.32 Å². The van der Waals surface area contributed by atoms with Crippen LogP contribution in [0.25, 0.3) is 0 Å². The Morgan fingerprint density at radius 1 is 1.19 bits per heavy atom. The summed E-state index contributed by atoms with van der Waals surface area (Å²) in [6.07, 6.45) is -0.697. The number of amides is 2. The van der Waals surface area contributed by atoms with E-state index in [9.17, 15) is 14.4 Å². The lowest BCUT2D eigenvalue weighted by Gasteiger charge is -2.29. The number of urea groups is 1. The first kappa shape index (κ1) is 19.1. The Morgan fingerprint density at radius 3 is 2.24 bits per heavy atom. The molecule has 9 nitrogen and oxygen atoms in total. The Hall–Kier alpha value is -1.87. The maximum absolute atomic E-state index is 12.1. The van der Waals surface area contributed by atoms with Crippen molar-refractivity contribution in [2.45, 2.75) is 25.4 Å². The van der Waals surface area contributed by atoms with E-state index >= 15 is 0 Å². The third-order valence-electron chi connectivity index (χ3n) is 2.71. The van der Waals surface area contributed by atoms with Gasteiger partial charge in [-0.1, -0.05) is 0 Å². The Balaban J connectivity index is 4.82. The van der Waals surface area contributed by atoms with Crippen LogP contribution in [-0.2, 0) is 19.1 Å². The molecule has 21 heavy (non-hydrogen) atoms. The number of aliphatic carboxylic acids is 2. The molecule has 9 heteroatoms. The predicted octanol–water partition coefficient (Wildman–Crippen LogP) is -0.393. The van der Waals surface area contributed by atoms with E-state index in [4.69, 9.17) is 19.7 Å². The fraction of sp³-hybridized carbons (Fsp3) is 0.750. The molecule has 0 saturated heterocycles. The van der Waals surface area contributed by atoms with Crippen LogP contribution in [0.2, 0.25) is 0 Å². The quantitative estimate of drug-likeness (QED) is 0.501. The van der Waals surface area contributed by atoms with Crippen molar-refractivity contribution in [2.24, 2.45) is 0 Å². The van der Waals surface area contributed by atoms with Crippen LogP contribution in [0.1, 0.15) is 13.3 Å². The highest BCUT2D eigenvalue weighted by molar-refractivity contribution is 5.86. The molecule has 0 spiro atoms. The monoisotopic (exact) mass is 306 g/mol. The second kappa shape index (κ2) is 9.94. The summed E-state index contributed by atoms with van der Waals surface area (Å²) < 4.78 is 9.85. The maximum atomic E-state index is 12.1. The van der Waals surface area contributed by atoms with Crippen LogP contribution in [-0.4, -0.2) is 79.1 Å². The van der Waals surface area contributed by atoms with Crippen LogP contribution in [0.5, 0.6) is 0 Å². The van der Waals surface area contributed by atoms with Gasteiger partial charge in [-0.3, -0.25) is 4.79 Å². The molecule has 0 rings (SSSR count). The van der Waals surface area contributed by atoms with Gasteiger partial charge < -0.3 is 29.9 Å². The van der Waals surface area contributed by atoms with Gasteiger partial charge in [-0.05, 0) is 6.92 Å². The Morgan fingerprint density at radius 2 is 1.81 bits per heavy atom. The fourth-order valence-corrected chi connectivity index (χ4v) is 1.65. The number of carboxylic acid groups (broad SMARTS) is 2. The number of nitrogens with zero attached hydrogens (tertiary/aromatic N) is 1. The van der Waals surface area contributed by atoms with Gasteiger partial charge in [-0.15, -0.1) is 0 Å². The first-order chi connectivity index (χ1) is 9.83. The van der Waals surface area contributed by atoms with Crippen molar-refractivity contribution in [1.29, 1.82) is 0 Å². The van der Waals surface area contributed by atoms with Crippen molar-refractivity contribution in [3.05, 3.63) is 0 Å². The third-order valence-corrected chi connectivity index (χ3v) is 2.71. The zero-order chi connectivity index (χ0) is 16.4. The van der Waals surface area contributed by atoms with E-state index in [2.05, 4.69) is 5.32 Å². The van der Waals surface area contributed by atoms with Gasteiger partial charge >= 0.3 is 18.0 Å². The summed E-state index contributed by atoms with van der Waals surface area (Å²) in [5.74, 6) is -2.71. The molecular formula is C12H22N2O7. The van der Waals surface area contributed by atoms with Crippen LogP contribution >= 0.6 is 0 Å².